The van der Waals surface area contributed by atoms with Crippen molar-refractivity contribution in [2.24, 2.45) is 0 Å². The van der Waals surface area contributed by atoms with E-state index in [4.69, 9.17) is 15.9 Å². The third-order valence-corrected chi connectivity index (χ3v) is 1.67. The molecule has 0 aromatic heterocycles. The molecule has 0 aliphatic carbocycles. The Kier molecular flexibility index (Phi) is 2.87. The maximum Gasteiger partial charge on any atom is 0.322 e. The summed E-state index contributed by atoms with van der Waals surface area (Å²) in [5, 5.41) is 17.4. The van der Waals surface area contributed by atoms with Gasteiger partial charge in [-0.3, -0.25) is 4.79 Å². The van der Waals surface area contributed by atoms with Crippen molar-refractivity contribution in [3.05, 3.63) is 29.8 Å². The summed E-state index contributed by atoms with van der Waals surface area (Å²) in [6.07, 6.45) is 0.162. The van der Waals surface area contributed by atoms with Crippen LogP contribution in [0.15, 0.2) is 24.3 Å². The largest absolute Gasteiger partial charge is 0.508 e. The van der Waals surface area contributed by atoms with Crippen LogP contribution in [0.3, 0.4) is 0 Å². The van der Waals surface area contributed by atoms with Crippen molar-refractivity contribution in [2.75, 3.05) is 0 Å². The van der Waals surface area contributed by atoms with E-state index in [2.05, 4.69) is 0 Å². The summed E-state index contributed by atoms with van der Waals surface area (Å²) in [6, 6.07) is 5.04. The number of hydrogen-bond donors (Lipinski definition) is 2. The molecule has 0 aliphatic rings. The third-order valence-electron chi connectivity index (χ3n) is 1.67. The van der Waals surface area contributed by atoms with E-state index in [0.29, 0.717) is 0 Å². The van der Waals surface area contributed by atoms with Gasteiger partial charge in [0.1, 0.15) is 11.8 Å². The average molecular weight is 180 g/mol. The number of aromatic hydroxyl groups is 1. The fourth-order valence-electron chi connectivity index (χ4n) is 0.955. The topological polar surface area (TPSA) is 81.3 Å². The second-order valence-corrected chi connectivity index (χ2v) is 2.76. The molecule has 1 radical (unpaired) electrons. The lowest BCUT2D eigenvalue weighted by Gasteiger charge is -2.04. The van der Waals surface area contributed by atoms with Gasteiger partial charge in [-0.15, -0.1) is 0 Å². The fraction of sp³-hybridized carbons (Fsp3) is 0.222. The van der Waals surface area contributed by atoms with Crippen LogP contribution in [0.1, 0.15) is 5.56 Å². The van der Waals surface area contributed by atoms with Crippen molar-refractivity contribution in [3.8, 4) is 5.75 Å². The summed E-state index contributed by atoms with van der Waals surface area (Å²) in [5.41, 5.74) is 7.89. The highest BCUT2D eigenvalue weighted by molar-refractivity contribution is 5.73. The van der Waals surface area contributed by atoms with Crippen molar-refractivity contribution >= 4 is 5.97 Å². The first kappa shape index (κ1) is 9.54. The highest BCUT2D eigenvalue weighted by atomic mass is 16.4. The Hall–Kier alpha value is -1.55. The smallest absolute Gasteiger partial charge is 0.322 e. The minimum atomic E-state index is -1.13. The summed E-state index contributed by atoms with van der Waals surface area (Å²) in [7, 11) is 0. The highest BCUT2D eigenvalue weighted by Crippen LogP contribution is 2.10. The second kappa shape index (κ2) is 3.91. The third kappa shape index (κ3) is 2.76. The van der Waals surface area contributed by atoms with Gasteiger partial charge in [0, 0.05) is 0 Å². The Bertz CT molecular complexity index is 294. The Morgan fingerprint density at radius 3 is 2.38 bits per heavy atom. The summed E-state index contributed by atoms with van der Waals surface area (Å²) in [4.78, 5) is 10.3. The van der Waals surface area contributed by atoms with Crippen LogP contribution in [0.4, 0.5) is 0 Å². The number of nitrogens with one attached hydrogen (secondary N) is 1. The molecule has 0 amide bonds. The Morgan fingerprint density at radius 2 is 1.92 bits per heavy atom. The normalized spacial score (nSPS) is 12.4. The highest BCUT2D eigenvalue weighted by Gasteiger charge is 2.12. The average Bonchev–Trinajstić information content (AvgIpc) is 2.08. The fourth-order valence-corrected chi connectivity index (χ4v) is 0.955. The van der Waals surface area contributed by atoms with E-state index < -0.39 is 12.0 Å². The first-order chi connectivity index (χ1) is 6.09. The van der Waals surface area contributed by atoms with E-state index in [0.717, 1.165) is 5.56 Å². The van der Waals surface area contributed by atoms with Gasteiger partial charge in [-0.2, -0.15) is 0 Å². The quantitative estimate of drug-likeness (QED) is 0.717. The summed E-state index contributed by atoms with van der Waals surface area (Å²) < 4.78 is 0. The molecule has 0 spiro atoms. The molecule has 0 saturated heterocycles. The van der Waals surface area contributed by atoms with Crippen molar-refractivity contribution in [2.45, 2.75) is 12.5 Å². The number of phenols is 1. The number of hydrogen-bond acceptors (Lipinski definition) is 2. The molecule has 0 heterocycles. The zero-order valence-corrected chi connectivity index (χ0v) is 6.90. The molecule has 13 heavy (non-hydrogen) atoms. The van der Waals surface area contributed by atoms with Crippen molar-refractivity contribution in [1.82, 2.24) is 5.73 Å². The minimum Gasteiger partial charge on any atom is -0.508 e. The van der Waals surface area contributed by atoms with Crippen molar-refractivity contribution in [1.29, 1.82) is 0 Å². The van der Waals surface area contributed by atoms with Gasteiger partial charge in [0.05, 0.1) is 0 Å². The Morgan fingerprint density at radius 1 is 1.38 bits per heavy atom. The van der Waals surface area contributed by atoms with Crippen molar-refractivity contribution in [3.63, 3.8) is 0 Å². The number of carboxylic acid groups (broad SMARTS) is 1. The maximum atomic E-state index is 10.3. The van der Waals surface area contributed by atoms with Gasteiger partial charge in [-0.1, -0.05) is 12.1 Å². The molecule has 1 aromatic carbocycles. The SMILES string of the molecule is [NH][C@@H](Cc1ccc(O)cc1)C(=O)O. The molecule has 69 valence electrons. The van der Waals surface area contributed by atoms with Crippen LogP contribution in [-0.4, -0.2) is 22.2 Å². The minimum absolute atomic E-state index is 0.139. The number of aliphatic carboxylic acids is 1. The van der Waals surface area contributed by atoms with Crippen LogP contribution in [0.25, 0.3) is 0 Å². The molecule has 0 aliphatic heterocycles. The van der Waals surface area contributed by atoms with Gasteiger partial charge >= 0.3 is 5.97 Å². The summed E-state index contributed by atoms with van der Waals surface area (Å²) in [5.74, 6) is -0.992. The summed E-state index contributed by atoms with van der Waals surface area (Å²) in [6.45, 7) is 0. The first-order valence-corrected chi connectivity index (χ1v) is 3.81. The lowest BCUT2D eigenvalue weighted by Crippen LogP contribution is -2.23. The van der Waals surface area contributed by atoms with E-state index in [9.17, 15) is 4.79 Å². The van der Waals surface area contributed by atoms with Gasteiger partial charge < -0.3 is 10.2 Å². The van der Waals surface area contributed by atoms with Gasteiger partial charge in [0.2, 0.25) is 0 Å². The van der Waals surface area contributed by atoms with Crippen LogP contribution >= 0.6 is 0 Å². The molecule has 1 atom stereocenters. The van der Waals surface area contributed by atoms with E-state index >= 15 is 0 Å². The monoisotopic (exact) mass is 180 g/mol. The number of benzene rings is 1. The van der Waals surface area contributed by atoms with Crippen LogP contribution < -0.4 is 5.73 Å². The molecular weight excluding hydrogens is 170 g/mol. The zero-order valence-electron chi connectivity index (χ0n) is 6.90. The van der Waals surface area contributed by atoms with Crippen LogP contribution in [0, 0.1) is 0 Å². The second-order valence-electron chi connectivity index (χ2n) is 2.76. The predicted molar refractivity (Wildman–Crippen MR) is 46.3 cm³/mol. The molecule has 1 rings (SSSR count). The van der Waals surface area contributed by atoms with Gasteiger partial charge in [-0.25, -0.2) is 5.73 Å². The number of carboxylic acids is 1. The van der Waals surface area contributed by atoms with Crippen LogP contribution in [-0.2, 0) is 11.2 Å². The molecule has 0 saturated carbocycles. The number of phenolic OH excluding ortho intramolecular Hbond substituents is 1. The molecule has 0 bridgehead atoms. The van der Waals surface area contributed by atoms with E-state index in [-0.39, 0.29) is 12.2 Å². The van der Waals surface area contributed by atoms with Crippen LogP contribution in [0.2, 0.25) is 0 Å². The number of carbonyl (C=O) groups is 1. The standard InChI is InChI=1S/C9H10NO3/c10-8(9(12)13)5-6-1-3-7(11)4-2-6/h1-4,8,10-11H,5H2,(H,12,13)/t8-/m0/s1. The Labute approximate surface area is 75.6 Å². The molecule has 3 N–H and O–H groups in total. The molecule has 4 nitrogen and oxygen atoms in total. The van der Waals surface area contributed by atoms with Crippen LogP contribution in [0.5, 0.6) is 5.75 Å². The molecule has 0 fully saturated rings. The molecule has 4 heteroatoms. The van der Waals surface area contributed by atoms with E-state index in [1.807, 2.05) is 0 Å². The molecule has 1 aromatic rings. The zero-order chi connectivity index (χ0) is 9.84. The lowest BCUT2D eigenvalue weighted by molar-refractivity contribution is -0.138. The van der Waals surface area contributed by atoms with Gasteiger partial charge in [-0.05, 0) is 24.1 Å². The van der Waals surface area contributed by atoms with Gasteiger partial charge in [0.25, 0.3) is 0 Å². The molecule has 0 unspecified atom stereocenters. The van der Waals surface area contributed by atoms with Crippen molar-refractivity contribution < 1.29 is 15.0 Å². The van der Waals surface area contributed by atoms with Gasteiger partial charge in [0.15, 0.2) is 0 Å². The lowest BCUT2D eigenvalue weighted by atomic mass is 10.1. The first-order valence-electron chi connectivity index (χ1n) is 3.81. The Balaban J connectivity index is 2.64. The number of rotatable bonds is 3. The maximum absolute atomic E-state index is 10.3. The van der Waals surface area contributed by atoms with E-state index in [1.54, 1.807) is 12.1 Å². The predicted octanol–water partition coefficient (Wildman–Crippen LogP) is 0.671. The van der Waals surface area contributed by atoms with E-state index in [1.165, 1.54) is 12.1 Å². The summed E-state index contributed by atoms with van der Waals surface area (Å²) >= 11 is 0. The molecular formula is C9H10NO3.